The molecule has 0 radical (unpaired) electrons. The van der Waals surface area contributed by atoms with E-state index in [0.717, 1.165) is 36.7 Å². The van der Waals surface area contributed by atoms with E-state index in [2.05, 4.69) is 17.2 Å². The van der Waals surface area contributed by atoms with Gasteiger partial charge in [-0.2, -0.15) is 0 Å². The monoisotopic (exact) mass is 203 g/mol. The first-order valence-electron chi connectivity index (χ1n) is 4.36. The summed E-state index contributed by atoms with van der Waals surface area (Å²) >= 11 is 10.7. The second-order valence-electron chi connectivity index (χ2n) is 2.91. The van der Waals surface area contributed by atoms with E-state index in [1.165, 1.54) is 6.42 Å². The van der Waals surface area contributed by atoms with Gasteiger partial charge in [-0.25, -0.2) is 0 Å². The van der Waals surface area contributed by atoms with Crippen LogP contribution in [0.4, 0.5) is 0 Å². The molecule has 1 saturated heterocycles. The number of nitrogens with zero attached hydrogens (tertiary/aromatic N) is 1. The molecular formula is C9H14ClNS. The van der Waals surface area contributed by atoms with E-state index < -0.39 is 0 Å². The Bertz CT molecular complexity index is 179. The Morgan fingerprint density at radius 3 is 3.00 bits per heavy atom. The second kappa shape index (κ2) is 5.55. The molecule has 0 saturated carbocycles. The molecule has 12 heavy (non-hydrogen) atoms. The molecule has 0 aromatic rings. The molecule has 1 rings (SSSR count). The van der Waals surface area contributed by atoms with E-state index in [1.54, 1.807) is 0 Å². The van der Waals surface area contributed by atoms with Crippen molar-refractivity contribution in [2.75, 3.05) is 12.4 Å². The van der Waals surface area contributed by atoms with Gasteiger partial charge in [0.2, 0.25) is 0 Å². The van der Waals surface area contributed by atoms with Crippen LogP contribution >= 0.6 is 23.8 Å². The van der Waals surface area contributed by atoms with Crippen molar-refractivity contribution in [3.05, 3.63) is 12.3 Å². The predicted molar refractivity (Wildman–Crippen MR) is 57.6 cm³/mol. The molecule has 1 heterocycles. The van der Waals surface area contributed by atoms with Gasteiger partial charge in [-0.3, -0.25) is 0 Å². The van der Waals surface area contributed by atoms with E-state index in [9.17, 15) is 0 Å². The van der Waals surface area contributed by atoms with Gasteiger partial charge in [0, 0.05) is 18.6 Å². The number of rotatable bonds is 4. The third kappa shape index (κ3) is 3.11. The average Bonchev–Trinajstić information content (AvgIpc) is 2.46. The molecule has 68 valence electrons. The lowest BCUT2D eigenvalue weighted by Crippen LogP contribution is -2.15. The van der Waals surface area contributed by atoms with Crippen LogP contribution in [0.1, 0.15) is 25.7 Å². The number of likely N-dealkylation sites (tertiary alicyclic amines) is 1. The summed E-state index contributed by atoms with van der Waals surface area (Å²) in [5.74, 6) is 0.745. The molecule has 0 atom stereocenters. The van der Waals surface area contributed by atoms with E-state index in [1.807, 2.05) is 0 Å². The Morgan fingerprint density at radius 2 is 2.42 bits per heavy atom. The Hall–Kier alpha value is -0.0800. The zero-order chi connectivity index (χ0) is 8.81. The van der Waals surface area contributed by atoms with Crippen LogP contribution in [0, 0.1) is 0 Å². The molecule has 0 aliphatic carbocycles. The third-order valence-corrected chi connectivity index (χ3v) is 2.61. The first-order valence-corrected chi connectivity index (χ1v) is 5.31. The Balaban J connectivity index is 2.20. The van der Waals surface area contributed by atoms with Gasteiger partial charge in [0.05, 0.1) is 4.99 Å². The zero-order valence-electron chi connectivity index (χ0n) is 7.13. The van der Waals surface area contributed by atoms with E-state index in [0.29, 0.717) is 0 Å². The molecule has 1 aliphatic rings. The fraction of sp³-hybridized carbons (Fsp3) is 0.667. The van der Waals surface area contributed by atoms with Crippen LogP contribution in [0.2, 0.25) is 0 Å². The van der Waals surface area contributed by atoms with Crippen molar-refractivity contribution in [2.45, 2.75) is 25.7 Å². The molecule has 0 unspecified atom stereocenters. The molecule has 0 spiro atoms. The fourth-order valence-corrected chi connectivity index (χ4v) is 1.67. The van der Waals surface area contributed by atoms with Crippen molar-refractivity contribution in [1.29, 1.82) is 0 Å². The highest BCUT2D eigenvalue weighted by Gasteiger charge is 2.12. The summed E-state index contributed by atoms with van der Waals surface area (Å²) in [4.78, 5) is 3.24. The SMILES string of the molecule is S=C1CCCN1/C=C\CCCCl. The normalized spacial score (nSPS) is 18.1. The van der Waals surface area contributed by atoms with Crippen LogP contribution in [-0.2, 0) is 0 Å². The number of halogens is 1. The quantitative estimate of drug-likeness (QED) is 0.393. The molecule has 0 N–H and O–H groups in total. The summed E-state index contributed by atoms with van der Waals surface area (Å²) in [6, 6.07) is 0. The maximum atomic E-state index is 5.55. The van der Waals surface area contributed by atoms with Crippen LogP contribution < -0.4 is 0 Å². The van der Waals surface area contributed by atoms with Gasteiger partial charge in [-0.1, -0.05) is 18.3 Å². The van der Waals surface area contributed by atoms with Crippen molar-refractivity contribution in [1.82, 2.24) is 4.90 Å². The van der Waals surface area contributed by atoms with E-state index in [-0.39, 0.29) is 0 Å². The molecule has 0 aromatic carbocycles. The summed E-state index contributed by atoms with van der Waals surface area (Å²) in [5.41, 5.74) is 0. The zero-order valence-corrected chi connectivity index (χ0v) is 8.70. The molecule has 0 amide bonds. The molecule has 0 bridgehead atoms. The van der Waals surface area contributed by atoms with Crippen molar-refractivity contribution in [3.8, 4) is 0 Å². The van der Waals surface area contributed by atoms with Gasteiger partial charge in [0.1, 0.15) is 0 Å². The van der Waals surface area contributed by atoms with Crippen molar-refractivity contribution >= 4 is 28.8 Å². The number of alkyl halides is 1. The van der Waals surface area contributed by atoms with Gasteiger partial charge in [-0.05, 0) is 25.7 Å². The third-order valence-electron chi connectivity index (χ3n) is 1.90. The van der Waals surface area contributed by atoms with Crippen molar-refractivity contribution < 1.29 is 0 Å². The number of allylic oxidation sites excluding steroid dienone is 1. The predicted octanol–water partition coefficient (Wildman–Crippen LogP) is 2.94. The van der Waals surface area contributed by atoms with Crippen LogP contribution in [0.15, 0.2) is 12.3 Å². The first kappa shape index (κ1) is 10.0. The number of unbranched alkanes of at least 4 members (excludes halogenated alkanes) is 1. The minimum Gasteiger partial charge on any atom is -0.343 e. The topological polar surface area (TPSA) is 3.24 Å². The lowest BCUT2D eigenvalue weighted by Gasteiger charge is -2.10. The van der Waals surface area contributed by atoms with Gasteiger partial charge >= 0.3 is 0 Å². The number of hydrogen-bond donors (Lipinski definition) is 0. The minimum atomic E-state index is 0.745. The van der Waals surface area contributed by atoms with Gasteiger partial charge in [0.25, 0.3) is 0 Å². The lowest BCUT2D eigenvalue weighted by molar-refractivity contribution is 0.607. The van der Waals surface area contributed by atoms with E-state index in [4.69, 9.17) is 23.8 Å². The van der Waals surface area contributed by atoms with Gasteiger partial charge in [0.15, 0.2) is 0 Å². The van der Waals surface area contributed by atoms with Gasteiger partial charge < -0.3 is 4.90 Å². The fourth-order valence-electron chi connectivity index (χ4n) is 1.22. The summed E-state index contributed by atoms with van der Waals surface area (Å²) in [7, 11) is 0. The molecule has 1 fully saturated rings. The lowest BCUT2D eigenvalue weighted by atomic mass is 10.3. The summed E-state index contributed by atoms with van der Waals surface area (Å²) in [5, 5.41) is 0. The minimum absolute atomic E-state index is 0.745. The Kier molecular flexibility index (Phi) is 4.62. The van der Waals surface area contributed by atoms with Crippen LogP contribution in [-0.4, -0.2) is 22.3 Å². The highest BCUT2D eigenvalue weighted by molar-refractivity contribution is 7.80. The van der Waals surface area contributed by atoms with Crippen molar-refractivity contribution in [2.24, 2.45) is 0 Å². The first-order chi connectivity index (χ1) is 5.84. The Labute approximate surface area is 84.4 Å². The Morgan fingerprint density at radius 1 is 1.58 bits per heavy atom. The molecule has 0 aromatic heterocycles. The highest BCUT2D eigenvalue weighted by Crippen LogP contribution is 2.11. The largest absolute Gasteiger partial charge is 0.343 e. The number of hydrogen-bond acceptors (Lipinski definition) is 1. The van der Waals surface area contributed by atoms with Crippen LogP contribution in [0.5, 0.6) is 0 Å². The van der Waals surface area contributed by atoms with E-state index >= 15 is 0 Å². The smallest absolute Gasteiger partial charge is 0.0819 e. The summed E-state index contributed by atoms with van der Waals surface area (Å²) in [6.07, 6.45) is 8.65. The van der Waals surface area contributed by atoms with Crippen LogP contribution in [0.3, 0.4) is 0 Å². The average molecular weight is 204 g/mol. The summed E-state index contributed by atoms with van der Waals surface area (Å²) < 4.78 is 0. The summed E-state index contributed by atoms with van der Waals surface area (Å²) in [6.45, 7) is 1.09. The molecule has 3 heteroatoms. The second-order valence-corrected chi connectivity index (χ2v) is 3.76. The molecular weight excluding hydrogens is 190 g/mol. The van der Waals surface area contributed by atoms with Crippen molar-refractivity contribution in [3.63, 3.8) is 0 Å². The van der Waals surface area contributed by atoms with Gasteiger partial charge in [-0.15, -0.1) is 11.6 Å². The highest BCUT2D eigenvalue weighted by atomic mass is 35.5. The number of thiocarbonyl (C=S) groups is 1. The maximum absolute atomic E-state index is 5.55. The maximum Gasteiger partial charge on any atom is 0.0819 e. The molecule has 1 aliphatic heterocycles. The molecule has 1 nitrogen and oxygen atoms in total. The standard InChI is InChI=1S/C9H14ClNS/c10-6-2-1-3-7-11-8-4-5-9(11)12/h3,7H,1-2,4-6,8H2/b7-3-. The van der Waals surface area contributed by atoms with Crippen LogP contribution in [0.25, 0.3) is 0 Å².